The second-order valence-corrected chi connectivity index (χ2v) is 7.47. The van der Waals surface area contributed by atoms with Crippen molar-refractivity contribution >= 4 is 33.2 Å². The maximum Gasteiger partial charge on any atom is 0.266 e. The van der Waals surface area contributed by atoms with Crippen LogP contribution in [0.5, 0.6) is 0 Å². The second-order valence-electron chi connectivity index (χ2n) is 5.16. The van der Waals surface area contributed by atoms with E-state index in [1.165, 1.54) is 38.4 Å². The van der Waals surface area contributed by atoms with E-state index in [-0.39, 0.29) is 21.2 Å². The van der Waals surface area contributed by atoms with Gasteiger partial charge < -0.3 is 5.32 Å². The third-order valence-electron chi connectivity index (χ3n) is 3.50. The van der Waals surface area contributed by atoms with Gasteiger partial charge >= 0.3 is 0 Å². The third-order valence-corrected chi connectivity index (χ3v) is 5.66. The number of carbonyl (C=O) groups is 1. The molecular formula is C16H16ClFN2O4S. The van der Waals surface area contributed by atoms with Gasteiger partial charge in [-0.05, 0) is 42.8 Å². The normalized spacial score (nSPS) is 11.6. The lowest BCUT2D eigenvalue weighted by molar-refractivity contribution is -0.0258. The SMILES string of the molecule is CON(C)S(=O)(=O)c1cc(C(=O)Nc2ccc(C)c(F)c2)ccc1Cl. The van der Waals surface area contributed by atoms with E-state index in [0.29, 0.717) is 10.0 Å². The number of sulfonamides is 1. The number of nitrogens with one attached hydrogen (secondary N) is 1. The van der Waals surface area contributed by atoms with Crippen molar-refractivity contribution in [2.45, 2.75) is 11.8 Å². The Balaban J connectivity index is 2.35. The van der Waals surface area contributed by atoms with Gasteiger partial charge in [0, 0.05) is 18.3 Å². The van der Waals surface area contributed by atoms with Crippen LogP contribution in [0.15, 0.2) is 41.3 Å². The molecule has 134 valence electrons. The molecule has 1 N–H and O–H groups in total. The molecule has 0 fully saturated rings. The first-order valence-electron chi connectivity index (χ1n) is 7.07. The molecule has 0 unspecified atom stereocenters. The third kappa shape index (κ3) is 4.16. The number of benzene rings is 2. The highest BCUT2D eigenvalue weighted by Crippen LogP contribution is 2.26. The number of rotatable bonds is 5. The summed E-state index contributed by atoms with van der Waals surface area (Å²) >= 11 is 5.94. The fourth-order valence-electron chi connectivity index (χ4n) is 1.95. The summed E-state index contributed by atoms with van der Waals surface area (Å²) in [6.07, 6.45) is 0. The summed E-state index contributed by atoms with van der Waals surface area (Å²) in [6, 6.07) is 8.04. The van der Waals surface area contributed by atoms with Gasteiger partial charge in [0.25, 0.3) is 15.9 Å². The van der Waals surface area contributed by atoms with Crippen LogP contribution >= 0.6 is 11.6 Å². The lowest BCUT2D eigenvalue weighted by Gasteiger charge is -2.16. The van der Waals surface area contributed by atoms with Crippen molar-refractivity contribution in [3.63, 3.8) is 0 Å². The molecule has 2 aromatic rings. The predicted octanol–water partition coefficient (Wildman–Crippen LogP) is 3.22. The standard InChI is InChI=1S/C16H16ClFN2O4S/c1-10-4-6-12(9-14(10)18)19-16(21)11-5-7-13(17)15(8-11)25(22,23)20(2)24-3/h4-9H,1-3H3,(H,19,21). The molecule has 1 amide bonds. The molecule has 0 aliphatic carbocycles. The molecule has 6 nitrogen and oxygen atoms in total. The van der Waals surface area contributed by atoms with Gasteiger partial charge in [0.15, 0.2) is 0 Å². The summed E-state index contributed by atoms with van der Waals surface area (Å²) in [5, 5.41) is 2.45. The number of nitrogens with zero attached hydrogens (tertiary/aromatic N) is 1. The Morgan fingerprint density at radius 3 is 2.52 bits per heavy atom. The fraction of sp³-hybridized carbons (Fsp3) is 0.188. The van der Waals surface area contributed by atoms with Crippen molar-refractivity contribution in [3.05, 3.63) is 58.4 Å². The van der Waals surface area contributed by atoms with E-state index in [1.54, 1.807) is 13.0 Å². The fourth-order valence-corrected chi connectivity index (χ4v) is 3.43. The first-order valence-corrected chi connectivity index (χ1v) is 8.88. The molecule has 2 rings (SSSR count). The van der Waals surface area contributed by atoms with Crippen LogP contribution in [0.3, 0.4) is 0 Å². The number of anilines is 1. The molecule has 0 bridgehead atoms. The molecule has 0 spiro atoms. The highest BCUT2D eigenvalue weighted by molar-refractivity contribution is 7.89. The van der Waals surface area contributed by atoms with Crippen LogP contribution in [0, 0.1) is 12.7 Å². The number of hydrogen-bond acceptors (Lipinski definition) is 4. The van der Waals surface area contributed by atoms with Gasteiger partial charge in [0.2, 0.25) is 0 Å². The number of amides is 1. The summed E-state index contributed by atoms with van der Waals surface area (Å²) in [6.45, 7) is 1.60. The van der Waals surface area contributed by atoms with Crippen LogP contribution in [-0.2, 0) is 14.9 Å². The number of carbonyl (C=O) groups excluding carboxylic acids is 1. The van der Waals surface area contributed by atoms with Crippen molar-refractivity contribution in [1.82, 2.24) is 4.47 Å². The van der Waals surface area contributed by atoms with Crippen LogP contribution in [0.4, 0.5) is 10.1 Å². The van der Waals surface area contributed by atoms with E-state index < -0.39 is 21.7 Å². The summed E-state index contributed by atoms with van der Waals surface area (Å²) in [7, 11) is -1.63. The molecule has 2 aromatic carbocycles. The highest BCUT2D eigenvalue weighted by atomic mass is 35.5. The molecule has 0 atom stereocenters. The van der Waals surface area contributed by atoms with Crippen LogP contribution in [0.25, 0.3) is 0 Å². The van der Waals surface area contributed by atoms with Gasteiger partial charge in [-0.2, -0.15) is 0 Å². The van der Waals surface area contributed by atoms with Crippen LogP contribution in [-0.4, -0.2) is 33.0 Å². The molecule has 25 heavy (non-hydrogen) atoms. The molecule has 0 radical (unpaired) electrons. The highest BCUT2D eigenvalue weighted by Gasteiger charge is 2.25. The van der Waals surface area contributed by atoms with Gasteiger partial charge in [-0.15, -0.1) is 0 Å². The smallest absolute Gasteiger partial charge is 0.266 e. The summed E-state index contributed by atoms with van der Waals surface area (Å²) in [5.41, 5.74) is 0.746. The van der Waals surface area contributed by atoms with E-state index in [0.717, 1.165) is 6.07 Å². The minimum absolute atomic E-state index is 0.0495. The Hall–Kier alpha value is -2.00. The molecule has 0 aromatic heterocycles. The van der Waals surface area contributed by atoms with Crippen molar-refractivity contribution in [2.24, 2.45) is 0 Å². The number of hydroxylamine groups is 1. The Kier molecular flexibility index (Phi) is 5.79. The minimum atomic E-state index is -4.02. The van der Waals surface area contributed by atoms with Gasteiger partial charge in [-0.3, -0.25) is 9.63 Å². The molecular weight excluding hydrogens is 371 g/mol. The molecule has 0 saturated heterocycles. The molecule has 0 saturated carbocycles. The molecule has 9 heteroatoms. The Bertz CT molecular complexity index is 918. The van der Waals surface area contributed by atoms with Crippen LogP contribution in [0.2, 0.25) is 5.02 Å². The van der Waals surface area contributed by atoms with E-state index in [4.69, 9.17) is 11.6 Å². The van der Waals surface area contributed by atoms with Crippen molar-refractivity contribution in [1.29, 1.82) is 0 Å². The largest absolute Gasteiger partial charge is 0.322 e. The van der Waals surface area contributed by atoms with E-state index in [9.17, 15) is 17.6 Å². The summed E-state index contributed by atoms with van der Waals surface area (Å²) in [4.78, 5) is 16.7. The number of halogens is 2. The van der Waals surface area contributed by atoms with E-state index in [1.807, 2.05) is 0 Å². The first kappa shape index (κ1) is 19.3. The average molecular weight is 387 g/mol. The maximum atomic E-state index is 13.6. The molecule has 0 aliphatic heterocycles. The maximum absolute atomic E-state index is 13.6. The minimum Gasteiger partial charge on any atom is -0.322 e. The van der Waals surface area contributed by atoms with Crippen molar-refractivity contribution < 1.29 is 22.4 Å². The van der Waals surface area contributed by atoms with Crippen molar-refractivity contribution in [2.75, 3.05) is 19.5 Å². The zero-order valence-corrected chi connectivity index (χ0v) is 15.3. The van der Waals surface area contributed by atoms with Gasteiger partial charge in [-0.25, -0.2) is 12.8 Å². The van der Waals surface area contributed by atoms with Gasteiger partial charge in [0.1, 0.15) is 10.7 Å². The molecule has 0 aliphatic rings. The Labute approximate surface area is 150 Å². The summed E-state index contributed by atoms with van der Waals surface area (Å²) < 4.78 is 38.9. The zero-order chi connectivity index (χ0) is 18.8. The first-order chi connectivity index (χ1) is 11.7. The predicted molar refractivity (Wildman–Crippen MR) is 92.5 cm³/mol. The lowest BCUT2D eigenvalue weighted by Crippen LogP contribution is -2.26. The number of hydrogen-bond donors (Lipinski definition) is 1. The average Bonchev–Trinajstić information content (AvgIpc) is 2.57. The monoisotopic (exact) mass is 386 g/mol. The quantitative estimate of drug-likeness (QED) is 0.800. The van der Waals surface area contributed by atoms with Crippen molar-refractivity contribution in [3.8, 4) is 0 Å². The Morgan fingerprint density at radius 2 is 1.92 bits per heavy atom. The number of aryl methyl sites for hydroxylation is 1. The molecule has 0 heterocycles. The van der Waals surface area contributed by atoms with Crippen LogP contribution < -0.4 is 5.32 Å². The van der Waals surface area contributed by atoms with Gasteiger partial charge in [-0.1, -0.05) is 22.1 Å². The van der Waals surface area contributed by atoms with Crippen LogP contribution in [0.1, 0.15) is 15.9 Å². The zero-order valence-electron chi connectivity index (χ0n) is 13.7. The Morgan fingerprint density at radius 1 is 1.24 bits per heavy atom. The van der Waals surface area contributed by atoms with Gasteiger partial charge in [0.05, 0.1) is 12.1 Å². The van der Waals surface area contributed by atoms with E-state index >= 15 is 0 Å². The lowest BCUT2D eigenvalue weighted by atomic mass is 10.2. The second kappa shape index (κ2) is 7.49. The van der Waals surface area contributed by atoms with E-state index in [2.05, 4.69) is 10.2 Å². The summed E-state index contributed by atoms with van der Waals surface area (Å²) in [5.74, 6) is -1.06. The topological polar surface area (TPSA) is 75.7 Å².